The van der Waals surface area contributed by atoms with Crippen LogP contribution in [0.2, 0.25) is 0 Å². The highest BCUT2D eigenvalue weighted by Gasteiger charge is 2.54. The van der Waals surface area contributed by atoms with Gasteiger partial charge in [0.2, 0.25) is 0 Å². The van der Waals surface area contributed by atoms with Gasteiger partial charge in [-0.1, -0.05) is 42.5 Å². The zero-order valence-corrected chi connectivity index (χ0v) is 13.1. The number of ether oxygens (including phenoxy) is 1. The van der Waals surface area contributed by atoms with Crippen LogP contribution in [0.15, 0.2) is 55.1 Å². The lowest BCUT2D eigenvalue weighted by Crippen LogP contribution is -2.50. The normalized spacial score (nSPS) is 25.3. The van der Waals surface area contributed by atoms with Gasteiger partial charge in [-0.15, -0.1) is 6.58 Å². The number of methoxy groups -OCH3 is 1. The molecule has 114 valence electrons. The van der Waals surface area contributed by atoms with Crippen molar-refractivity contribution < 1.29 is 9.53 Å². The Bertz CT molecular complexity index is 724. The van der Waals surface area contributed by atoms with E-state index in [2.05, 4.69) is 35.7 Å². The fourth-order valence-electron chi connectivity index (χ4n) is 3.73. The van der Waals surface area contributed by atoms with Crippen LogP contribution >= 0.6 is 0 Å². The first kappa shape index (κ1) is 14.8. The molecular weight excluding hydrogens is 274 g/mol. The van der Waals surface area contributed by atoms with E-state index in [0.29, 0.717) is 0 Å². The Balaban J connectivity index is 2.24. The number of rotatable bonds is 3. The standard InChI is InChI=1S/C19H21NO2/c1-4-16-11-12-20(2)19(16,18(21)22-3)17-10-9-14-7-5-6-8-15(14)13-17/h4-10,13,16H,1,11-12H2,2-3H3/t16-,19-/m1/s1. The van der Waals surface area contributed by atoms with Gasteiger partial charge < -0.3 is 4.74 Å². The Morgan fingerprint density at radius 1 is 1.32 bits per heavy atom. The number of carbonyl (C=O) groups is 1. The molecule has 0 aliphatic carbocycles. The summed E-state index contributed by atoms with van der Waals surface area (Å²) in [6.07, 6.45) is 2.79. The average molecular weight is 295 g/mol. The van der Waals surface area contributed by atoms with Crippen molar-refractivity contribution in [1.82, 2.24) is 4.90 Å². The second kappa shape index (κ2) is 5.58. The first-order valence-electron chi connectivity index (χ1n) is 7.56. The number of likely N-dealkylation sites (N-methyl/N-ethyl adjacent to an activating group) is 1. The van der Waals surface area contributed by atoms with E-state index in [-0.39, 0.29) is 11.9 Å². The van der Waals surface area contributed by atoms with Crippen molar-refractivity contribution in [2.24, 2.45) is 5.92 Å². The number of likely N-dealkylation sites (tertiary alicyclic amines) is 1. The molecule has 0 saturated carbocycles. The molecule has 1 fully saturated rings. The molecule has 0 radical (unpaired) electrons. The second-order valence-corrected chi connectivity index (χ2v) is 5.87. The molecule has 3 heteroatoms. The molecule has 0 aromatic heterocycles. The summed E-state index contributed by atoms with van der Waals surface area (Å²) in [6, 6.07) is 14.4. The van der Waals surface area contributed by atoms with Gasteiger partial charge in [-0.3, -0.25) is 4.90 Å². The lowest BCUT2D eigenvalue weighted by atomic mass is 9.78. The first-order valence-corrected chi connectivity index (χ1v) is 7.56. The topological polar surface area (TPSA) is 29.5 Å². The summed E-state index contributed by atoms with van der Waals surface area (Å²) in [5, 5.41) is 2.30. The Labute approximate surface area is 131 Å². The minimum absolute atomic E-state index is 0.0473. The maximum absolute atomic E-state index is 12.7. The Morgan fingerprint density at radius 3 is 2.73 bits per heavy atom. The Hall–Kier alpha value is -2.13. The summed E-state index contributed by atoms with van der Waals surface area (Å²) in [5.41, 5.74) is 0.198. The summed E-state index contributed by atoms with van der Waals surface area (Å²) in [4.78, 5) is 14.8. The predicted molar refractivity (Wildman–Crippen MR) is 88.6 cm³/mol. The van der Waals surface area contributed by atoms with Crippen molar-refractivity contribution >= 4 is 16.7 Å². The van der Waals surface area contributed by atoms with E-state index in [0.717, 1.165) is 23.9 Å². The number of benzene rings is 2. The smallest absolute Gasteiger partial charge is 0.331 e. The van der Waals surface area contributed by atoms with Crippen LogP contribution in [0.3, 0.4) is 0 Å². The number of nitrogens with zero attached hydrogens (tertiary/aromatic N) is 1. The van der Waals surface area contributed by atoms with Crippen LogP contribution in [0.4, 0.5) is 0 Å². The summed E-state index contributed by atoms with van der Waals surface area (Å²) in [7, 11) is 3.44. The third-order valence-corrected chi connectivity index (χ3v) is 4.88. The van der Waals surface area contributed by atoms with Gasteiger partial charge in [-0.25, -0.2) is 4.79 Å². The van der Waals surface area contributed by atoms with E-state index in [1.165, 1.54) is 12.5 Å². The number of esters is 1. The van der Waals surface area contributed by atoms with E-state index in [1.54, 1.807) is 0 Å². The van der Waals surface area contributed by atoms with Crippen molar-refractivity contribution in [1.29, 1.82) is 0 Å². The van der Waals surface area contributed by atoms with Gasteiger partial charge in [0.15, 0.2) is 5.54 Å². The number of hydrogen-bond donors (Lipinski definition) is 0. The van der Waals surface area contributed by atoms with Crippen molar-refractivity contribution in [3.8, 4) is 0 Å². The minimum atomic E-state index is -0.777. The highest BCUT2D eigenvalue weighted by Crippen LogP contribution is 2.44. The van der Waals surface area contributed by atoms with Crippen LogP contribution in [-0.4, -0.2) is 31.6 Å². The molecule has 22 heavy (non-hydrogen) atoms. The third kappa shape index (κ3) is 1.97. The quantitative estimate of drug-likeness (QED) is 0.642. The first-order chi connectivity index (χ1) is 10.6. The summed E-state index contributed by atoms with van der Waals surface area (Å²) >= 11 is 0. The summed E-state index contributed by atoms with van der Waals surface area (Å²) in [5.74, 6) is -0.168. The van der Waals surface area contributed by atoms with Crippen LogP contribution in [0, 0.1) is 5.92 Å². The third-order valence-electron chi connectivity index (χ3n) is 4.88. The van der Waals surface area contributed by atoms with Crippen LogP contribution in [-0.2, 0) is 15.1 Å². The average Bonchev–Trinajstić information content (AvgIpc) is 2.91. The highest BCUT2D eigenvalue weighted by atomic mass is 16.5. The molecule has 0 N–H and O–H groups in total. The van der Waals surface area contributed by atoms with Gasteiger partial charge in [0.05, 0.1) is 7.11 Å². The molecule has 1 aliphatic heterocycles. The lowest BCUT2D eigenvalue weighted by molar-refractivity contribution is -0.155. The lowest BCUT2D eigenvalue weighted by Gasteiger charge is -2.37. The van der Waals surface area contributed by atoms with E-state index < -0.39 is 5.54 Å². The molecule has 0 amide bonds. The molecule has 0 unspecified atom stereocenters. The zero-order chi connectivity index (χ0) is 15.7. The summed E-state index contributed by atoms with van der Waals surface area (Å²) < 4.78 is 5.18. The maximum atomic E-state index is 12.7. The monoisotopic (exact) mass is 295 g/mol. The molecule has 3 rings (SSSR count). The molecule has 1 heterocycles. The zero-order valence-electron chi connectivity index (χ0n) is 13.1. The van der Waals surface area contributed by atoms with Crippen LogP contribution in [0.25, 0.3) is 10.8 Å². The molecule has 0 bridgehead atoms. The van der Waals surface area contributed by atoms with Gasteiger partial charge in [0.25, 0.3) is 0 Å². The summed E-state index contributed by atoms with van der Waals surface area (Å²) in [6.45, 7) is 4.79. The van der Waals surface area contributed by atoms with Crippen molar-refractivity contribution in [2.75, 3.05) is 20.7 Å². The van der Waals surface area contributed by atoms with Crippen LogP contribution in [0.1, 0.15) is 12.0 Å². The largest absolute Gasteiger partial charge is 0.467 e. The van der Waals surface area contributed by atoms with Gasteiger partial charge in [-0.05, 0) is 42.4 Å². The SMILES string of the molecule is C=C[C@@H]1CCN(C)[C@@]1(C(=O)OC)c1ccc2ccccc2c1. The fourth-order valence-corrected chi connectivity index (χ4v) is 3.73. The maximum Gasteiger partial charge on any atom is 0.331 e. The van der Waals surface area contributed by atoms with E-state index in [9.17, 15) is 4.79 Å². The number of fused-ring (bicyclic) bond motifs is 1. The van der Waals surface area contributed by atoms with Gasteiger partial charge >= 0.3 is 5.97 Å². The molecule has 3 nitrogen and oxygen atoms in total. The van der Waals surface area contributed by atoms with Crippen molar-refractivity contribution in [3.05, 3.63) is 60.7 Å². The second-order valence-electron chi connectivity index (χ2n) is 5.87. The predicted octanol–water partition coefficient (Wildman–Crippen LogP) is 3.35. The molecule has 2 aromatic rings. The van der Waals surface area contributed by atoms with E-state index in [1.807, 2.05) is 31.3 Å². The van der Waals surface area contributed by atoms with E-state index >= 15 is 0 Å². The highest BCUT2D eigenvalue weighted by molar-refractivity contribution is 5.88. The van der Waals surface area contributed by atoms with Gasteiger partial charge in [0, 0.05) is 5.92 Å². The van der Waals surface area contributed by atoms with E-state index in [4.69, 9.17) is 4.74 Å². The van der Waals surface area contributed by atoms with Gasteiger partial charge in [0.1, 0.15) is 0 Å². The minimum Gasteiger partial charge on any atom is -0.467 e. The molecule has 1 saturated heterocycles. The Kier molecular flexibility index (Phi) is 3.75. The van der Waals surface area contributed by atoms with Crippen molar-refractivity contribution in [3.63, 3.8) is 0 Å². The molecular formula is C19H21NO2. The number of hydrogen-bond acceptors (Lipinski definition) is 3. The molecule has 2 aromatic carbocycles. The van der Waals surface area contributed by atoms with Gasteiger partial charge in [-0.2, -0.15) is 0 Å². The number of carbonyl (C=O) groups excluding carboxylic acids is 1. The van der Waals surface area contributed by atoms with Crippen LogP contribution in [0.5, 0.6) is 0 Å². The molecule has 1 aliphatic rings. The fraction of sp³-hybridized carbons (Fsp3) is 0.316. The Morgan fingerprint density at radius 2 is 2.05 bits per heavy atom. The molecule has 0 spiro atoms. The molecule has 2 atom stereocenters. The van der Waals surface area contributed by atoms with Crippen LogP contribution < -0.4 is 0 Å². The van der Waals surface area contributed by atoms with Crippen molar-refractivity contribution in [2.45, 2.75) is 12.0 Å².